The van der Waals surface area contributed by atoms with Crippen molar-refractivity contribution in [3.8, 4) is 0 Å². The normalized spacial score (nSPS) is 13.0. The first-order chi connectivity index (χ1) is 9.66. The molecule has 0 bridgehead atoms. The molecule has 2 rings (SSSR count). The summed E-state index contributed by atoms with van der Waals surface area (Å²) < 4.78 is 0. The van der Waals surface area contributed by atoms with Gasteiger partial charge in [0.1, 0.15) is 0 Å². The predicted molar refractivity (Wildman–Crippen MR) is 88.2 cm³/mol. The number of benzene rings is 2. The number of nitrogens with zero attached hydrogens (tertiary/aromatic N) is 1. The number of nitrogens with one attached hydrogen (secondary N) is 1. The van der Waals surface area contributed by atoms with Gasteiger partial charge in [-0.25, -0.2) is 0 Å². The van der Waals surface area contributed by atoms with Crippen molar-refractivity contribution in [2.45, 2.75) is 25.8 Å². The van der Waals surface area contributed by atoms with Crippen LogP contribution in [-0.4, -0.2) is 32.1 Å². The average Bonchev–Trinajstić information content (AvgIpc) is 2.46. The first-order valence-electron chi connectivity index (χ1n) is 7.53. The Morgan fingerprint density at radius 3 is 2.50 bits per heavy atom. The van der Waals surface area contributed by atoms with E-state index in [1.165, 1.54) is 35.7 Å². The molecule has 0 aliphatic carbocycles. The van der Waals surface area contributed by atoms with Crippen molar-refractivity contribution >= 4 is 10.8 Å². The quantitative estimate of drug-likeness (QED) is 0.769. The molecule has 0 fully saturated rings. The summed E-state index contributed by atoms with van der Waals surface area (Å²) in [5.74, 6) is 0. The lowest BCUT2D eigenvalue weighted by Crippen LogP contribution is -2.21. The third kappa shape index (κ3) is 4.32. The van der Waals surface area contributed by atoms with E-state index in [0.29, 0.717) is 6.04 Å². The van der Waals surface area contributed by atoms with Gasteiger partial charge in [0.2, 0.25) is 0 Å². The summed E-state index contributed by atoms with van der Waals surface area (Å²) >= 11 is 0. The minimum absolute atomic E-state index is 0.416. The van der Waals surface area contributed by atoms with Gasteiger partial charge in [0.25, 0.3) is 0 Å². The summed E-state index contributed by atoms with van der Waals surface area (Å²) in [6, 6.07) is 15.7. The van der Waals surface area contributed by atoms with E-state index in [2.05, 4.69) is 73.7 Å². The highest BCUT2D eigenvalue weighted by atomic mass is 15.0. The Labute approximate surface area is 122 Å². The molecule has 20 heavy (non-hydrogen) atoms. The molecule has 2 nitrogen and oxygen atoms in total. The van der Waals surface area contributed by atoms with E-state index >= 15 is 0 Å². The second-order valence-electron chi connectivity index (χ2n) is 5.79. The summed E-state index contributed by atoms with van der Waals surface area (Å²) in [5.41, 5.74) is 1.37. The molecular formula is C18H26N2. The summed E-state index contributed by atoms with van der Waals surface area (Å²) in [6.45, 7) is 4.50. The van der Waals surface area contributed by atoms with Crippen LogP contribution in [0.15, 0.2) is 42.5 Å². The van der Waals surface area contributed by atoms with Crippen LogP contribution in [0.1, 0.15) is 31.4 Å². The molecule has 1 atom stereocenters. The van der Waals surface area contributed by atoms with E-state index < -0.39 is 0 Å². The van der Waals surface area contributed by atoms with E-state index in [1.54, 1.807) is 0 Å². The molecule has 0 aliphatic rings. The molecule has 0 heterocycles. The number of fused-ring (bicyclic) bond motifs is 1. The molecule has 0 saturated heterocycles. The van der Waals surface area contributed by atoms with Gasteiger partial charge >= 0.3 is 0 Å². The maximum Gasteiger partial charge on any atom is 0.0292 e. The van der Waals surface area contributed by atoms with Crippen LogP contribution in [0.5, 0.6) is 0 Å². The Morgan fingerprint density at radius 1 is 1.00 bits per heavy atom. The second-order valence-corrected chi connectivity index (χ2v) is 5.79. The van der Waals surface area contributed by atoms with Crippen LogP contribution < -0.4 is 5.32 Å². The van der Waals surface area contributed by atoms with Crippen molar-refractivity contribution in [1.29, 1.82) is 0 Å². The largest absolute Gasteiger partial charge is 0.310 e. The first-order valence-corrected chi connectivity index (χ1v) is 7.53. The van der Waals surface area contributed by atoms with Gasteiger partial charge in [-0.15, -0.1) is 0 Å². The zero-order valence-electron chi connectivity index (χ0n) is 12.9. The lowest BCUT2D eigenvalue weighted by Gasteiger charge is -2.15. The van der Waals surface area contributed by atoms with Gasteiger partial charge in [-0.1, -0.05) is 36.4 Å². The van der Waals surface area contributed by atoms with Crippen molar-refractivity contribution in [2.75, 3.05) is 27.2 Å². The maximum atomic E-state index is 3.62. The van der Waals surface area contributed by atoms with E-state index in [9.17, 15) is 0 Å². The standard InChI is InChI=1S/C18H26N2/c1-15(19-12-6-7-13-20(2)3)17-11-10-16-8-4-5-9-18(16)14-17/h4-5,8-11,14-15,19H,6-7,12-13H2,1-3H3. The fourth-order valence-electron chi connectivity index (χ4n) is 2.47. The van der Waals surface area contributed by atoms with Crippen molar-refractivity contribution < 1.29 is 0 Å². The Bertz CT molecular complexity index is 534. The fraction of sp³-hybridized carbons (Fsp3) is 0.444. The SMILES string of the molecule is CC(NCCCCN(C)C)c1ccc2ccccc2c1. The van der Waals surface area contributed by atoms with Gasteiger partial charge in [-0.3, -0.25) is 0 Å². The van der Waals surface area contributed by atoms with Crippen molar-refractivity contribution in [3.05, 3.63) is 48.0 Å². The summed E-state index contributed by atoms with van der Waals surface area (Å²) in [7, 11) is 4.26. The molecule has 2 aromatic carbocycles. The monoisotopic (exact) mass is 270 g/mol. The van der Waals surface area contributed by atoms with Crippen LogP contribution in [0, 0.1) is 0 Å². The van der Waals surface area contributed by atoms with Gasteiger partial charge in [-0.2, -0.15) is 0 Å². The molecule has 108 valence electrons. The van der Waals surface area contributed by atoms with Crippen molar-refractivity contribution in [3.63, 3.8) is 0 Å². The Balaban J connectivity index is 1.86. The van der Waals surface area contributed by atoms with Crippen LogP contribution in [0.25, 0.3) is 10.8 Å². The van der Waals surface area contributed by atoms with E-state index in [-0.39, 0.29) is 0 Å². The summed E-state index contributed by atoms with van der Waals surface area (Å²) in [4.78, 5) is 2.24. The number of hydrogen-bond donors (Lipinski definition) is 1. The molecule has 0 spiro atoms. The molecule has 0 aromatic heterocycles. The van der Waals surface area contributed by atoms with Crippen LogP contribution in [-0.2, 0) is 0 Å². The minimum Gasteiger partial charge on any atom is -0.310 e. The molecule has 1 N–H and O–H groups in total. The van der Waals surface area contributed by atoms with Crippen molar-refractivity contribution in [2.24, 2.45) is 0 Å². The Hall–Kier alpha value is -1.38. The van der Waals surface area contributed by atoms with Gasteiger partial charge in [0.05, 0.1) is 0 Å². The highest BCUT2D eigenvalue weighted by Crippen LogP contribution is 2.20. The zero-order chi connectivity index (χ0) is 14.4. The highest BCUT2D eigenvalue weighted by molar-refractivity contribution is 5.83. The maximum absolute atomic E-state index is 3.62. The third-order valence-electron chi connectivity index (χ3n) is 3.76. The molecule has 2 aromatic rings. The van der Waals surface area contributed by atoms with E-state index in [1.807, 2.05) is 0 Å². The average molecular weight is 270 g/mol. The summed E-state index contributed by atoms with van der Waals surface area (Å²) in [6.07, 6.45) is 2.49. The van der Waals surface area contributed by atoms with Crippen LogP contribution >= 0.6 is 0 Å². The van der Waals surface area contributed by atoms with Gasteiger partial charge in [-0.05, 0) is 69.4 Å². The lowest BCUT2D eigenvalue weighted by atomic mass is 10.0. The molecule has 0 radical (unpaired) electrons. The molecule has 0 aliphatic heterocycles. The first kappa shape index (κ1) is 15.0. The number of unbranched alkanes of at least 4 members (excludes halogenated alkanes) is 1. The summed E-state index contributed by atoms with van der Waals surface area (Å²) in [5, 5.41) is 6.26. The Morgan fingerprint density at radius 2 is 1.75 bits per heavy atom. The molecule has 1 unspecified atom stereocenters. The van der Waals surface area contributed by atoms with Gasteiger partial charge < -0.3 is 10.2 Å². The molecule has 2 heteroatoms. The number of rotatable bonds is 7. The van der Waals surface area contributed by atoms with E-state index in [4.69, 9.17) is 0 Å². The molecule has 0 amide bonds. The van der Waals surface area contributed by atoms with Gasteiger partial charge in [0, 0.05) is 6.04 Å². The van der Waals surface area contributed by atoms with Crippen LogP contribution in [0.4, 0.5) is 0 Å². The Kier molecular flexibility index (Phi) is 5.57. The second kappa shape index (κ2) is 7.41. The fourth-order valence-corrected chi connectivity index (χ4v) is 2.47. The highest BCUT2D eigenvalue weighted by Gasteiger charge is 2.05. The predicted octanol–water partition coefficient (Wildman–Crippen LogP) is 3.83. The zero-order valence-corrected chi connectivity index (χ0v) is 12.9. The molecular weight excluding hydrogens is 244 g/mol. The van der Waals surface area contributed by atoms with Crippen LogP contribution in [0.2, 0.25) is 0 Å². The topological polar surface area (TPSA) is 15.3 Å². The van der Waals surface area contributed by atoms with Crippen molar-refractivity contribution in [1.82, 2.24) is 10.2 Å². The van der Waals surface area contributed by atoms with Crippen LogP contribution in [0.3, 0.4) is 0 Å². The smallest absolute Gasteiger partial charge is 0.0292 e. The third-order valence-corrected chi connectivity index (χ3v) is 3.76. The number of hydrogen-bond acceptors (Lipinski definition) is 2. The van der Waals surface area contributed by atoms with E-state index in [0.717, 1.165) is 6.54 Å². The molecule has 0 saturated carbocycles. The van der Waals surface area contributed by atoms with Gasteiger partial charge in [0.15, 0.2) is 0 Å². The minimum atomic E-state index is 0.416. The lowest BCUT2D eigenvalue weighted by molar-refractivity contribution is 0.389.